The van der Waals surface area contributed by atoms with Crippen molar-refractivity contribution in [3.63, 3.8) is 0 Å². The lowest BCUT2D eigenvalue weighted by molar-refractivity contribution is -0.148. The second-order valence-electron chi connectivity index (χ2n) is 8.00. The normalized spacial score (nSPS) is 12.4. The summed E-state index contributed by atoms with van der Waals surface area (Å²) in [5.74, 6) is 1.56. The van der Waals surface area contributed by atoms with Crippen LogP contribution in [0.3, 0.4) is 0 Å². The maximum Gasteiger partial charge on any atom is 0.332 e. The highest BCUT2D eigenvalue weighted by atomic mass is 16.6. The summed E-state index contributed by atoms with van der Waals surface area (Å²) in [7, 11) is 1.64. The number of carbonyl (C=O) groups is 1. The molecule has 0 spiro atoms. The third-order valence-corrected chi connectivity index (χ3v) is 5.12. The molecule has 186 valence electrons. The Morgan fingerprint density at radius 3 is 2.71 bits per heavy atom. The van der Waals surface area contributed by atoms with Crippen molar-refractivity contribution in [3.8, 4) is 5.75 Å². The first-order chi connectivity index (χ1) is 16.4. The van der Waals surface area contributed by atoms with Gasteiger partial charge in [0.15, 0.2) is 5.82 Å². The number of rotatable bonds is 14. The molecule has 3 N–H and O–H groups in total. The number of hydrogen-bond acceptors (Lipinski definition) is 6. The van der Waals surface area contributed by atoms with E-state index in [0.717, 1.165) is 53.3 Å². The summed E-state index contributed by atoms with van der Waals surface area (Å²) in [5, 5.41) is 5.20. The van der Waals surface area contributed by atoms with Gasteiger partial charge in [0.05, 0.1) is 38.1 Å². The minimum absolute atomic E-state index is 0.0815. The van der Waals surface area contributed by atoms with Gasteiger partial charge < -0.3 is 29.8 Å². The largest absolute Gasteiger partial charge is 0.496 e. The number of ether oxygens (including phenoxy) is 3. The topological polar surface area (TPSA) is 100 Å². The fourth-order valence-electron chi connectivity index (χ4n) is 3.52. The van der Waals surface area contributed by atoms with Crippen molar-refractivity contribution in [1.29, 1.82) is 0 Å². The molecule has 1 aromatic heterocycles. The number of methoxy groups -OCH3 is 1. The minimum atomic E-state index is -0.374. The number of aromatic nitrogens is 1. The molecule has 0 aliphatic heterocycles. The molecular formula is C26H38N4O4. The van der Waals surface area contributed by atoms with E-state index in [2.05, 4.69) is 28.4 Å². The Kier molecular flexibility index (Phi) is 11.2. The number of hydrogen-bond donors (Lipinski definition) is 2. The third-order valence-electron chi connectivity index (χ3n) is 5.12. The zero-order valence-corrected chi connectivity index (χ0v) is 20.9. The zero-order chi connectivity index (χ0) is 24.9. The Morgan fingerprint density at radius 1 is 1.24 bits per heavy atom. The molecule has 8 heteroatoms. The number of esters is 1. The van der Waals surface area contributed by atoms with Gasteiger partial charge in [0.2, 0.25) is 0 Å². The molecule has 0 saturated heterocycles. The number of unbranched alkanes of at least 4 members (excludes halogenated alkanes) is 2. The SMILES string of the molecule is C=c1ccn(Cc2ccc(COCC(=O)OCC)cc2OC)/c1=C(/N=C(\C)N)NCCCCC. The molecule has 34 heavy (non-hydrogen) atoms. The van der Waals surface area contributed by atoms with Crippen molar-refractivity contribution in [2.24, 2.45) is 10.7 Å². The molecule has 2 aromatic rings. The van der Waals surface area contributed by atoms with Gasteiger partial charge in [-0.1, -0.05) is 38.5 Å². The lowest BCUT2D eigenvalue weighted by Gasteiger charge is -2.14. The summed E-state index contributed by atoms with van der Waals surface area (Å²) in [6.45, 7) is 11.8. The number of carbonyl (C=O) groups excluding carboxylic acids is 1. The average Bonchev–Trinajstić information content (AvgIpc) is 3.16. The monoisotopic (exact) mass is 470 g/mol. The van der Waals surface area contributed by atoms with Crippen LogP contribution in [0.4, 0.5) is 0 Å². The Labute approximate surface area is 202 Å². The molecule has 1 aromatic carbocycles. The smallest absolute Gasteiger partial charge is 0.332 e. The summed E-state index contributed by atoms with van der Waals surface area (Å²) < 4.78 is 18.1. The van der Waals surface area contributed by atoms with Gasteiger partial charge in [-0.2, -0.15) is 0 Å². The summed E-state index contributed by atoms with van der Waals surface area (Å²) >= 11 is 0. The predicted octanol–water partition coefficient (Wildman–Crippen LogP) is 2.26. The van der Waals surface area contributed by atoms with Gasteiger partial charge in [0, 0.05) is 18.3 Å². The first-order valence-electron chi connectivity index (χ1n) is 11.7. The van der Waals surface area contributed by atoms with E-state index in [1.54, 1.807) is 21.0 Å². The number of nitrogens with zero attached hydrogens (tertiary/aromatic N) is 2. The average molecular weight is 471 g/mol. The highest BCUT2D eigenvalue weighted by Gasteiger charge is 2.10. The van der Waals surface area contributed by atoms with Gasteiger partial charge in [0.1, 0.15) is 12.4 Å². The van der Waals surface area contributed by atoms with Crippen molar-refractivity contribution in [1.82, 2.24) is 9.88 Å². The van der Waals surface area contributed by atoms with Crippen LogP contribution in [0.1, 0.15) is 51.2 Å². The van der Waals surface area contributed by atoms with Crippen LogP contribution >= 0.6 is 0 Å². The van der Waals surface area contributed by atoms with E-state index in [1.807, 2.05) is 30.5 Å². The van der Waals surface area contributed by atoms with Gasteiger partial charge in [-0.25, -0.2) is 9.79 Å². The Hall–Kier alpha value is -3.26. The van der Waals surface area contributed by atoms with Crippen LogP contribution in [-0.4, -0.2) is 43.2 Å². The first-order valence-corrected chi connectivity index (χ1v) is 11.7. The van der Waals surface area contributed by atoms with Crippen LogP contribution in [0.5, 0.6) is 5.75 Å². The fourth-order valence-corrected chi connectivity index (χ4v) is 3.52. The Morgan fingerprint density at radius 2 is 2.03 bits per heavy atom. The molecule has 2 rings (SSSR count). The minimum Gasteiger partial charge on any atom is -0.496 e. The van der Waals surface area contributed by atoms with Crippen molar-refractivity contribution in [2.45, 2.75) is 53.2 Å². The summed E-state index contributed by atoms with van der Waals surface area (Å²) in [6.07, 6.45) is 5.34. The standard InChI is InChI=1S/C26H38N4O4/c1-6-8-9-13-28-26(29-20(4)27)25-19(3)12-14-30(25)16-22-11-10-21(15-23(22)32-5)17-33-18-24(31)34-7-2/h10-12,14-15,28H,3,6-9,13,16-18H2,1-2,4-5H3,(H2,27,29)/b26-25+. The number of nitrogens with one attached hydrogen (secondary N) is 1. The first kappa shape index (κ1) is 27.0. The molecule has 0 atom stereocenters. The van der Waals surface area contributed by atoms with E-state index < -0.39 is 0 Å². The van der Waals surface area contributed by atoms with E-state index in [0.29, 0.717) is 24.8 Å². The summed E-state index contributed by atoms with van der Waals surface area (Å²) in [6, 6.07) is 7.85. The number of amidine groups is 1. The number of nitrogens with two attached hydrogens (primary N) is 1. The van der Waals surface area contributed by atoms with Crippen LogP contribution in [0.2, 0.25) is 0 Å². The number of benzene rings is 1. The van der Waals surface area contributed by atoms with E-state index in [4.69, 9.17) is 19.9 Å². The van der Waals surface area contributed by atoms with Gasteiger partial charge in [-0.3, -0.25) is 0 Å². The third kappa shape index (κ3) is 8.26. The Bertz CT molecular complexity index is 1070. The highest BCUT2D eigenvalue weighted by Crippen LogP contribution is 2.21. The molecular weight excluding hydrogens is 432 g/mol. The van der Waals surface area contributed by atoms with Crippen LogP contribution in [-0.2, 0) is 27.4 Å². The van der Waals surface area contributed by atoms with Gasteiger partial charge >= 0.3 is 5.97 Å². The number of aliphatic imine (C=N–C) groups is 1. The fraction of sp³-hybridized carbons (Fsp3) is 0.462. The van der Waals surface area contributed by atoms with Crippen LogP contribution in [0, 0.1) is 0 Å². The molecule has 0 amide bonds. The zero-order valence-electron chi connectivity index (χ0n) is 20.9. The maximum atomic E-state index is 11.5. The highest BCUT2D eigenvalue weighted by molar-refractivity contribution is 5.81. The molecule has 0 saturated carbocycles. The molecule has 1 heterocycles. The second kappa shape index (κ2) is 14.1. The quantitative estimate of drug-likeness (QED) is 0.190. The van der Waals surface area contributed by atoms with Crippen LogP contribution in [0.15, 0.2) is 35.5 Å². The molecule has 0 fully saturated rings. The molecule has 0 aliphatic rings. The van der Waals surface area contributed by atoms with Gasteiger partial charge in [-0.15, -0.1) is 0 Å². The van der Waals surface area contributed by atoms with Crippen LogP contribution in [0.25, 0.3) is 12.4 Å². The van der Waals surface area contributed by atoms with Crippen LogP contribution < -0.4 is 26.4 Å². The van der Waals surface area contributed by atoms with Gasteiger partial charge in [-0.05, 0) is 43.2 Å². The second-order valence-corrected chi connectivity index (χ2v) is 8.00. The maximum absolute atomic E-state index is 11.5. The van der Waals surface area contributed by atoms with Gasteiger partial charge in [0.25, 0.3) is 0 Å². The molecule has 0 aliphatic carbocycles. The summed E-state index contributed by atoms with van der Waals surface area (Å²) in [5.41, 5.74) is 7.82. The van der Waals surface area contributed by atoms with Crippen molar-refractivity contribution in [3.05, 3.63) is 52.2 Å². The van der Waals surface area contributed by atoms with Crippen molar-refractivity contribution in [2.75, 3.05) is 26.9 Å². The molecule has 0 radical (unpaired) electrons. The van der Waals surface area contributed by atoms with E-state index in [1.165, 1.54) is 0 Å². The lowest BCUT2D eigenvalue weighted by atomic mass is 10.1. The van der Waals surface area contributed by atoms with E-state index in [-0.39, 0.29) is 19.2 Å². The molecule has 0 bridgehead atoms. The molecule has 0 unspecified atom stereocenters. The lowest BCUT2D eigenvalue weighted by Crippen LogP contribution is -2.36. The van der Waals surface area contributed by atoms with E-state index >= 15 is 0 Å². The Balaban J connectivity index is 2.28. The molecule has 8 nitrogen and oxygen atoms in total. The van der Waals surface area contributed by atoms with Crippen molar-refractivity contribution < 1.29 is 19.0 Å². The van der Waals surface area contributed by atoms with E-state index in [9.17, 15) is 4.79 Å². The summed E-state index contributed by atoms with van der Waals surface area (Å²) in [4.78, 5) is 16.0. The van der Waals surface area contributed by atoms with Crippen molar-refractivity contribution >= 4 is 24.2 Å². The predicted molar refractivity (Wildman–Crippen MR) is 136 cm³/mol.